The minimum Gasteiger partial charge on any atom is -0.466 e. The van der Waals surface area contributed by atoms with Gasteiger partial charge in [-0.3, -0.25) is 9.59 Å². The maximum Gasteiger partial charge on any atom is 0.311 e. The molecular formula is C15H26O4S3. The summed E-state index contributed by atoms with van der Waals surface area (Å²) in [6, 6.07) is 0. The second-order valence-corrected chi connectivity index (χ2v) is 8.39. The van der Waals surface area contributed by atoms with Crippen molar-refractivity contribution < 1.29 is 19.1 Å². The molecule has 0 saturated heterocycles. The molecule has 22 heavy (non-hydrogen) atoms. The molecule has 1 heterocycles. The molecule has 0 N–H and O–H groups in total. The minimum atomic E-state index is -0.165. The quantitative estimate of drug-likeness (QED) is 0.295. The maximum atomic E-state index is 10.9. The zero-order valence-corrected chi connectivity index (χ0v) is 16.0. The Morgan fingerprint density at radius 1 is 1.05 bits per heavy atom. The van der Waals surface area contributed by atoms with Crippen LogP contribution in [-0.4, -0.2) is 18.5 Å². The second kappa shape index (κ2) is 15.6. The van der Waals surface area contributed by atoms with Crippen molar-refractivity contribution >= 4 is 43.4 Å². The summed E-state index contributed by atoms with van der Waals surface area (Å²) in [4.78, 5) is 21.5. The first-order chi connectivity index (χ1) is 10.6. The average Bonchev–Trinajstić information content (AvgIpc) is 3.01. The number of hydrogen-bond donors (Lipinski definition) is 0. The molecule has 7 heteroatoms. The zero-order valence-electron chi connectivity index (χ0n) is 13.6. The van der Waals surface area contributed by atoms with E-state index in [1.807, 2.05) is 12.3 Å². The van der Waals surface area contributed by atoms with Crippen LogP contribution >= 0.6 is 31.4 Å². The highest BCUT2D eigenvalue weighted by Crippen LogP contribution is 2.48. The Kier molecular flexibility index (Phi) is 15.4. The average molecular weight is 367 g/mol. The van der Waals surface area contributed by atoms with Crippen LogP contribution in [-0.2, 0) is 19.1 Å². The van der Waals surface area contributed by atoms with Crippen LogP contribution < -0.4 is 0 Å². The number of carbonyl (C=O) groups is 2. The standard InChI is InChI=1S/C10H20O2.C5H6O2S3/c1-3-5-6-7-9-12-10(11)8-4-2;1-2-4(6)7-5-3-8-10-9-5/h3-9H2,1-2H3;3H,2H2,1H3. The lowest BCUT2D eigenvalue weighted by molar-refractivity contribution is -0.143. The van der Waals surface area contributed by atoms with Gasteiger partial charge in [0.2, 0.25) is 0 Å². The summed E-state index contributed by atoms with van der Waals surface area (Å²) in [7, 11) is 4.66. The fourth-order valence-electron chi connectivity index (χ4n) is 1.35. The molecule has 4 nitrogen and oxygen atoms in total. The second-order valence-electron chi connectivity index (χ2n) is 4.54. The van der Waals surface area contributed by atoms with Crippen LogP contribution in [0.4, 0.5) is 0 Å². The van der Waals surface area contributed by atoms with Crippen LogP contribution in [0.15, 0.2) is 10.5 Å². The van der Waals surface area contributed by atoms with E-state index in [-0.39, 0.29) is 11.9 Å². The topological polar surface area (TPSA) is 52.6 Å². The van der Waals surface area contributed by atoms with Gasteiger partial charge in [-0.2, -0.15) is 0 Å². The molecule has 1 aliphatic rings. The van der Waals surface area contributed by atoms with Crippen molar-refractivity contribution in [2.45, 2.75) is 65.7 Å². The first kappa shape index (κ1) is 21.7. The van der Waals surface area contributed by atoms with Gasteiger partial charge in [-0.15, -0.1) is 0 Å². The van der Waals surface area contributed by atoms with Crippen molar-refractivity contribution in [2.75, 3.05) is 6.61 Å². The molecule has 128 valence electrons. The molecule has 0 spiro atoms. The summed E-state index contributed by atoms with van der Waals surface area (Å²) in [5, 5.41) is 2.55. The van der Waals surface area contributed by atoms with E-state index < -0.39 is 0 Å². The van der Waals surface area contributed by atoms with Crippen LogP contribution in [0.5, 0.6) is 0 Å². The predicted molar refractivity (Wildman–Crippen MR) is 97.2 cm³/mol. The van der Waals surface area contributed by atoms with Crippen molar-refractivity contribution in [3.63, 3.8) is 0 Å². The summed E-state index contributed by atoms with van der Waals surface area (Å²) < 4.78 is 9.89. The molecule has 0 aromatic heterocycles. The molecular weight excluding hydrogens is 340 g/mol. The van der Waals surface area contributed by atoms with Gasteiger partial charge in [0.25, 0.3) is 0 Å². The fourth-order valence-corrected chi connectivity index (χ4v) is 4.70. The van der Waals surface area contributed by atoms with Crippen LogP contribution in [0.25, 0.3) is 0 Å². The van der Waals surface area contributed by atoms with E-state index in [0.717, 1.165) is 12.8 Å². The molecule has 0 amide bonds. The Balaban J connectivity index is 0.000000406. The monoisotopic (exact) mass is 366 g/mol. The zero-order chi connectivity index (χ0) is 16.6. The van der Waals surface area contributed by atoms with E-state index in [9.17, 15) is 9.59 Å². The van der Waals surface area contributed by atoms with Crippen LogP contribution in [0.3, 0.4) is 0 Å². The molecule has 0 aliphatic carbocycles. The van der Waals surface area contributed by atoms with Gasteiger partial charge in [0.05, 0.1) is 6.61 Å². The summed E-state index contributed by atoms with van der Waals surface area (Å²) in [6.45, 7) is 6.54. The number of rotatable bonds is 9. The van der Waals surface area contributed by atoms with Crippen molar-refractivity contribution in [3.05, 3.63) is 10.5 Å². The molecule has 0 bridgehead atoms. The van der Waals surface area contributed by atoms with E-state index in [2.05, 4.69) is 6.92 Å². The third kappa shape index (κ3) is 13.4. The van der Waals surface area contributed by atoms with Gasteiger partial charge in [-0.05, 0) is 44.3 Å². The molecule has 0 atom stereocenters. The van der Waals surface area contributed by atoms with E-state index in [4.69, 9.17) is 9.47 Å². The minimum absolute atomic E-state index is 0.0472. The van der Waals surface area contributed by atoms with Crippen LogP contribution in [0.1, 0.15) is 65.7 Å². The van der Waals surface area contributed by atoms with Gasteiger partial charge >= 0.3 is 11.9 Å². The summed E-state index contributed by atoms with van der Waals surface area (Å²) in [6.07, 6.45) is 6.54. The highest BCUT2D eigenvalue weighted by molar-refractivity contribution is 9.11. The number of unbranched alkanes of at least 4 members (excludes halogenated alkanes) is 3. The van der Waals surface area contributed by atoms with Gasteiger partial charge in [0.1, 0.15) is 0 Å². The Morgan fingerprint density at radius 3 is 2.36 bits per heavy atom. The lowest BCUT2D eigenvalue weighted by Crippen LogP contribution is -2.04. The Hall–Kier alpha value is -0.270. The van der Waals surface area contributed by atoms with Crippen LogP contribution in [0, 0.1) is 0 Å². The van der Waals surface area contributed by atoms with E-state index in [0.29, 0.717) is 24.5 Å². The summed E-state index contributed by atoms with van der Waals surface area (Å²) in [5.74, 6) is -0.212. The summed E-state index contributed by atoms with van der Waals surface area (Å²) in [5.41, 5.74) is 0. The maximum absolute atomic E-state index is 10.9. The molecule has 0 saturated carbocycles. The van der Waals surface area contributed by atoms with E-state index in [1.54, 1.807) is 27.5 Å². The molecule has 1 rings (SSSR count). The van der Waals surface area contributed by atoms with Crippen molar-refractivity contribution in [3.8, 4) is 0 Å². The highest BCUT2D eigenvalue weighted by atomic mass is 33.5. The number of hydrogen-bond acceptors (Lipinski definition) is 7. The SMILES string of the molecule is CCC(=O)OC1=CSSS1.CCCCCCOC(=O)CCC. The first-order valence-electron chi connectivity index (χ1n) is 7.70. The Morgan fingerprint density at radius 2 is 1.82 bits per heavy atom. The molecule has 1 aliphatic heterocycles. The first-order valence-corrected chi connectivity index (χ1v) is 11.2. The number of esters is 2. The molecule has 0 fully saturated rings. The lowest BCUT2D eigenvalue weighted by atomic mass is 10.2. The van der Waals surface area contributed by atoms with E-state index >= 15 is 0 Å². The predicted octanol–water partition coefficient (Wildman–Crippen LogP) is 5.69. The Labute approximate surface area is 145 Å². The van der Waals surface area contributed by atoms with Gasteiger partial charge in [-0.25, -0.2) is 0 Å². The van der Waals surface area contributed by atoms with Gasteiger partial charge in [-0.1, -0.05) is 40.0 Å². The van der Waals surface area contributed by atoms with Gasteiger partial charge in [0, 0.05) is 18.2 Å². The molecule has 0 aromatic rings. The summed E-state index contributed by atoms with van der Waals surface area (Å²) >= 11 is 0. The lowest BCUT2D eigenvalue weighted by Gasteiger charge is -2.02. The van der Waals surface area contributed by atoms with Crippen molar-refractivity contribution in [2.24, 2.45) is 0 Å². The third-order valence-electron chi connectivity index (χ3n) is 2.52. The highest BCUT2D eigenvalue weighted by Gasteiger charge is 2.11. The number of ether oxygens (including phenoxy) is 2. The normalized spacial score (nSPS) is 13.0. The largest absolute Gasteiger partial charge is 0.466 e. The number of carbonyl (C=O) groups excluding carboxylic acids is 2. The van der Waals surface area contributed by atoms with Crippen molar-refractivity contribution in [1.29, 1.82) is 0 Å². The third-order valence-corrected chi connectivity index (χ3v) is 6.03. The Bertz CT molecular complexity index is 346. The van der Waals surface area contributed by atoms with Crippen molar-refractivity contribution in [1.82, 2.24) is 0 Å². The smallest absolute Gasteiger partial charge is 0.311 e. The molecule has 0 unspecified atom stereocenters. The molecule has 0 aromatic carbocycles. The molecule has 0 radical (unpaired) electrons. The van der Waals surface area contributed by atoms with Gasteiger partial charge in [0.15, 0.2) is 5.09 Å². The van der Waals surface area contributed by atoms with Gasteiger partial charge < -0.3 is 9.47 Å². The fraction of sp³-hybridized carbons (Fsp3) is 0.733. The van der Waals surface area contributed by atoms with Crippen LogP contribution in [0.2, 0.25) is 0 Å². The van der Waals surface area contributed by atoms with E-state index in [1.165, 1.54) is 30.1 Å².